The molecule has 0 saturated carbocycles. The lowest BCUT2D eigenvalue weighted by molar-refractivity contribution is 0.0979. The maximum atomic E-state index is 12.0. The second-order valence-electron chi connectivity index (χ2n) is 5.15. The minimum Gasteiger partial charge on any atom is -0.496 e. The molecule has 0 aromatic heterocycles. The molecule has 0 unspecified atom stereocenters. The van der Waals surface area contributed by atoms with E-state index in [1.807, 2.05) is 42.5 Å². The van der Waals surface area contributed by atoms with Crippen LogP contribution in [0.15, 0.2) is 53.4 Å². The number of benzene rings is 2. The van der Waals surface area contributed by atoms with E-state index in [-0.39, 0.29) is 5.78 Å². The van der Waals surface area contributed by atoms with Crippen molar-refractivity contribution < 1.29 is 9.53 Å². The molecule has 0 spiro atoms. The Morgan fingerprint density at radius 3 is 2.50 bits per heavy atom. The van der Waals surface area contributed by atoms with Crippen LogP contribution in [0.2, 0.25) is 0 Å². The first-order chi connectivity index (χ1) is 10.7. The second kappa shape index (κ2) is 8.64. The summed E-state index contributed by atoms with van der Waals surface area (Å²) in [7, 11) is 1.69. The van der Waals surface area contributed by atoms with Crippen LogP contribution in [0.25, 0.3) is 0 Å². The third-order valence-corrected chi connectivity index (χ3v) is 4.58. The maximum absolute atomic E-state index is 12.0. The fraction of sp³-hybridized carbons (Fsp3) is 0.316. The quantitative estimate of drug-likeness (QED) is 0.484. The van der Waals surface area contributed by atoms with Crippen molar-refractivity contribution in [1.82, 2.24) is 0 Å². The van der Waals surface area contributed by atoms with Crippen LogP contribution >= 0.6 is 11.8 Å². The van der Waals surface area contributed by atoms with Crippen molar-refractivity contribution in [2.75, 3.05) is 7.11 Å². The van der Waals surface area contributed by atoms with E-state index in [1.54, 1.807) is 18.9 Å². The van der Waals surface area contributed by atoms with E-state index in [0.29, 0.717) is 6.42 Å². The van der Waals surface area contributed by atoms with E-state index in [1.165, 1.54) is 5.56 Å². The molecular formula is C19H22O2S. The number of hydrogen-bond donors (Lipinski definition) is 0. The Bertz CT molecular complexity index is 605. The first-order valence-electron chi connectivity index (χ1n) is 7.62. The molecule has 0 N–H and O–H groups in total. The lowest BCUT2D eigenvalue weighted by Crippen LogP contribution is -1.98. The van der Waals surface area contributed by atoms with Gasteiger partial charge in [0.2, 0.25) is 0 Å². The number of rotatable bonds is 8. The van der Waals surface area contributed by atoms with Crippen molar-refractivity contribution in [2.24, 2.45) is 0 Å². The fourth-order valence-electron chi connectivity index (χ4n) is 2.20. The van der Waals surface area contributed by atoms with Gasteiger partial charge in [-0.15, -0.1) is 11.8 Å². The topological polar surface area (TPSA) is 26.3 Å². The van der Waals surface area contributed by atoms with E-state index in [4.69, 9.17) is 4.74 Å². The van der Waals surface area contributed by atoms with Crippen LogP contribution in [-0.2, 0) is 5.75 Å². The normalized spacial score (nSPS) is 10.5. The number of carbonyl (C=O) groups excluding carboxylic acids is 1. The molecule has 2 aromatic rings. The van der Waals surface area contributed by atoms with Crippen LogP contribution < -0.4 is 4.74 Å². The Labute approximate surface area is 136 Å². The Kier molecular flexibility index (Phi) is 6.53. The van der Waals surface area contributed by atoms with E-state index < -0.39 is 0 Å². The second-order valence-corrected chi connectivity index (χ2v) is 6.20. The molecule has 0 aliphatic rings. The van der Waals surface area contributed by atoms with Crippen LogP contribution in [0.4, 0.5) is 0 Å². The van der Waals surface area contributed by atoms with Gasteiger partial charge in [-0.25, -0.2) is 0 Å². The monoisotopic (exact) mass is 314 g/mol. The summed E-state index contributed by atoms with van der Waals surface area (Å²) in [5, 5.41) is 0. The highest BCUT2D eigenvalue weighted by atomic mass is 32.2. The smallest absolute Gasteiger partial charge is 0.162 e. The number of para-hydroxylation sites is 1. The lowest BCUT2D eigenvalue weighted by Gasteiger charge is -2.08. The van der Waals surface area contributed by atoms with Gasteiger partial charge in [-0.3, -0.25) is 4.79 Å². The molecule has 22 heavy (non-hydrogen) atoms. The maximum Gasteiger partial charge on any atom is 0.162 e. The first-order valence-corrected chi connectivity index (χ1v) is 8.61. The third kappa shape index (κ3) is 4.63. The average molecular weight is 314 g/mol. The van der Waals surface area contributed by atoms with Crippen molar-refractivity contribution in [3.63, 3.8) is 0 Å². The van der Waals surface area contributed by atoms with Gasteiger partial charge in [-0.05, 0) is 24.6 Å². The van der Waals surface area contributed by atoms with Gasteiger partial charge in [0.15, 0.2) is 5.78 Å². The van der Waals surface area contributed by atoms with E-state index in [9.17, 15) is 4.79 Å². The van der Waals surface area contributed by atoms with Crippen molar-refractivity contribution in [1.29, 1.82) is 0 Å². The van der Waals surface area contributed by atoms with Gasteiger partial charge < -0.3 is 4.74 Å². The molecule has 116 valence electrons. The largest absolute Gasteiger partial charge is 0.496 e. The molecule has 0 heterocycles. The zero-order valence-corrected chi connectivity index (χ0v) is 14.0. The molecule has 2 rings (SSSR count). The highest BCUT2D eigenvalue weighted by Crippen LogP contribution is 2.28. The molecule has 0 radical (unpaired) electrons. The highest BCUT2D eigenvalue weighted by molar-refractivity contribution is 7.98. The third-order valence-electron chi connectivity index (χ3n) is 3.52. The van der Waals surface area contributed by atoms with Gasteiger partial charge in [0.05, 0.1) is 7.11 Å². The van der Waals surface area contributed by atoms with Gasteiger partial charge in [-0.2, -0.15) is 0 Å². The molecule has 2 aromatic carbocycles. The summed E-state index contributed by atoms with van der Waals surface area (Å²) < 4.78 is 5.36. The molecule has 0 amide bonds. The van der Waals surface area contributed by atoms with E-state index >= 15 is 0 Å². The summed E-state index contributed by atoms with van der Waals surface area (Å²) in [4.78, 5) is 13.1. The summed E-state index contributed by atoms with van der Waals surface area (Å²) >= 11 is 1.75. The fourth-order valence-corrected chi connectivity index (χ4v) is 3.09. The van der Waals surface area contributed by atoms with Gasteiger partial charge in [0.1, 0.15) is 5.75 Å². The predicted octanol–water partition coefficient (Wildman–Crippen LogP) is 5.36. The first kappa shape index (κ1) is 16.6. The molecule has 3 heteroatoms. The molecule has 0 bridgehead atoms. The van der Waals surface area contributed by atoms with Gasteiger partial charge in [0, 0.05) is 28.2 Å². The van der Waals surface area contributed by atoms with E-state index in [2.05, 4.69) is 13.0 Å². The lowest BCUT2D eigenvalue weighted by atomic mass is 10.1. The number of ether oxygens (including phenoxy) is 1. The number of thioether (sulfide) groups is 1. The SMILES string of the molecule is CCCCC(=O)c1ccc(SCc2ccccc2OC)cc1. The van der Waals surface area contributed by atoms with Gasteiger partial charge >= 0.3 is 0 Å². The van der Waals surface area contributed by atoms with Crippen LogP contribution in [0.1, 0.15) is 42.1 Å². The van der Waals surface area contributed by atoms with Crippen molar-refractivity contribution in [3.8, 4) is 5.75 Å². The average Bonchev–Trinajstić information content (AvgIpc) is 2.58. The van der Waals surface area contributed by atoms with Crippen LogP contribution in [0, 0.1) is 0 Å². The minimum atomic E-state index is 0.239. The molecule has 0 aliphatic heterocycles. The Morgan fingerprint density at radius 2 is 1.82 bits per heavy atom. The van der Waals surface area contributed by atoms with Crippen LogP contribution in [0.3, 0.4) is 0 Å². The zero-order chi connectivity index (χ0) is 15.8. The minimum absolute atomic E-state index is 0.239. The summed E-state index contributed by atoms with van der Waals surface area (Å²) in [6.45, 7) is 2.10. The summed E-state index contributed by atoms with van der Waals surface area (Å²) in [6, 6.07) is 16.0. The van der Waals surface area contributed by atoms with Crippen LogP contribution in [0.5, 0.6) is 5.75 Å². The number of carbonyl (C=O) groups is 1. The zero-order valence-electron chi connectivity index (χ0n) is 13.2. The standard InChI is InChI=1S/C19H22O2S/c1-3-4-8-18(20)15-10-12-17(13-11-15)22-14-16-7-5-6-9-19(16)21-2/h5-7,9-13H,3-4,8,14H2,1-2H3. The molecular weight excluding hydrogens is 292 g/mol. The molecule has 0 aliphatic carbocycles. The molecule has 0 atom stereocenters. The highest BCUT2D eigenvalue weighted by Gasteiger charge is 2.06. The molecule has 0 saturated heterocycles. The summed E-state index contributed by atoms with van der Waals surface area (Å²) in [5.41, 5.74) is 1.99. The summed E-state index contributed by atoms with van der Waals surface area (Å²) in [5.74, 6) is 2.01. The Hall–Kier alpha value is -1.74. The van der Waals surface area contributed by atoms with Gasteiger partial charge in [-0.1, -0.05) is 43.7 Å². The number of methoxy groups -OCH3 is 1. The number of ketones is 1. The number of hydrogen-bond acceptors (Lipinski definition) is 3. The van der Waals surface area contributed by atoms with Crippen molar-refractivity contribution in [2.45, 2.75) is 36.8 Å². The Morgan fingerprint density at radius 1 is 1.09 bits per heavy atom. The van der Waals surface area contributed by atoms with E-state index in [0.717, 1.165) is 34.8 Å². The Balaban J connectivity index is 1.95. The number of Topliss-reactive ketones (excluding diaryl/α,β-unsaturated/α-hetero) is 1. The predicted molar refractivity (Wildman–Crippen MR) is 92.9 cm³/mol. The number of unbranched alkanes of at least 4 members (excludes halogenated alkanes) is 1. The molecule has 0 fully saturated rings. The summed E-state index contributed by atoms with van der Waals surface area (Å²) in [6.07, 6.45) is 2.66. The van der Waals surface area contributed by atoms with Gasteiger partial charge in [0.25, 0.3) is 0 Å². The van der Waals surface area contributed by atoms with Crippen molar-refractivity contribution >= 4 is 17.5 Å². The molecule has 2 nitrogen and oxygen atoms in total. The van der Waals surface area contributed by atoms with Crippen LogP contribution in [-0.4, -0.2) is 12.9 Å². The van der Waals surface area contributed by atoms with Crippen molar-refractivity contribution in [3.05, 3.63) is 59.7 Å².